The van der Waals surface area contributed by atoms with Crippen molar-refractivity contribution in [3.05, 3.63) is 0 Å². The Balaban J connectivity index is 1.96. The summed E-state index contributed by atoms with van der Waals surface area (Å²) < 4.78 is 42.1. The molecule has 0 radical (unpaired) electrons. The summed E-state index contributed by atoms with van der Waals surface area (Å²) >= 11 is 0. The molecule has 4 atom stereocenters. The van der Waals surface area contributed by atoms with Crippen LogP contribution in [0.15, 0.2) is 0 Å². The molecule has 2 aliphatic carbocycles. The van der Waals surface area contributed by atoms with E-state index in [0.717, 1.165) is 161 Å². The molecule has 0 amide bonds. The summed E-state index contributed by atoms with van der Waals surface area (Å²) in [7, 11) is 4.13. The van der Waals surface area contributed by atoms with E-state index in [4.69, 9.17) is 33.2 Å². The van der Waals surface area contributed by atoms with E-state index in [-0.39, 0.29) is 46.7 Å². The van der Waals surface area contributed by atoms with Crippen LogP contribution in [-0.2, 0) is 47.5 Å². The van der Waals surface area contributed by atoms with E-state index in [2.05, 4.69) is 60.5 Å². The Kier molecular flexibility index (Phi) is 37.3. The number of fused-ring (bicyclic) bond motifs is 2. The first kappa shape index (κ1) is 65.3. The number of carbonyl (C=O) groups excluding carboxylic acids is 3. The topological polar surface area (TPSA) is 119 Å². The molecule has 11 nitrogen and oxygen atoms in total. The predicted molar refractivity (Wildman–Crippen MR) is 289 cm³/mol. The minimum atomic E-state index is -0.197. The summed E-state index contributed by atoms with van der Waals surface area (Å²) in [4.78, 5) is 41.9. The minimum absolute atomic E-state index is 0.0249. The molecule has 2 saturated carbocycles. The SMILES string of the molecule is CCCCCCOC(CCCCOC(=O)CCC1(C)CC2CC(C)(CCC(=O)OCCCCN(C)C)CC(CCC(=O)OCCCCC(OCCCCCC)OCCCCCC)(C2)C1)OCCCCCC. The van der Waals surface area contributed by atoms with Crippen LogP contribution >= 0.6 is 0 Å². The summed E-state index contributed by atoms with van der Waals surface area (Å²) in [5.74, 6) is 0.112. The molecule has 71 heavy (non-hydrogen) atoms. The molecule has 0 spiro atoms. The van der Waals surface area contributed by atoms with Crippen LogP contribution in [0.2, 0.25) is 0 Å². The van der Waals surface area contributed by atoms with Gasteiger partial charge in [-0.3, -0.25) is 14.4 Å². The second-order valence-electron chi connectivity index (χ2n) is 23.2. The highest BCUT2D eigenvalue weighted by Gasteiger charge is 2.53. The zero-order valence-corrected chi connectivity index (χ0v) is 47.7. The Morgan fingerprint density at radius 1 is 0.437 bits per heavy atom. The summed E-state index contributed by atoms with van der Waals surface area (Å²) in [6.07, 6.45) is 33.9. The molecule has 2 fully saturated rings. The van der Waals surface area contributed by atoms with Gasteiger partial charge in [-0.25, -0.2) is 0 Å². The summed E-state index contributed by atoms with van der Waals surface area (Å²) in [6.45, 7) is 18.8. The first-order valence-electron chi connectivity index (χ1n) is 29.9. The van der Waals surface area contributed by atoms with E-state index in [1.165, 1.54) is 77.0 Å². The van der Waals surface area contributed by atoms with Gasteiger partial charge in [0.25, 0.3) is 0 Å². The first-order valence-corrected chi connectivity index (χ1v) is 29.9. The number of nitrogens with zero attached hydrogens (tertiary/aromatic N) is 1. The van der Waals surface area contributed by atoms with E-state index in [0.29, 0.717) is 45.0 Å². The Morgan fingerprint density at radius 3 is 1.13 bits per heavy atom. The fourth-order valence-electron chi connectivity index (χ4n) is 11.8. The second-order valence-corrected chi connectivity index (χ2v) is 23.2. The second kappa shape index (κ2) is 40.5. The molecule has 0 saturated heterocycles. The summed E-state index contributed by atoms with van der Waals surface area (Å²) in [5.41, 5.74) is -0.128. The van der Waals surface area contributed by atoms with Crippen molar-refractivity contribution in [2.45, 2.75) is 279 Å². The number of unbranched alkanes of at least 4 members (excludes halogenated alkanes) is 15. The first-order chi connectivity index (χ1) is 34.3. The predicted octanol–water partition coefficient (Wildman–Crippen LogP) is 15.3. The lowest BCUT2D eigenvalue weighted by Crippen LogP contribution is -2.48. The zero-order chi connectivity index (χ0) is 51.9. The van der Waals surface area contributed by atoms with Gasteiger partial charge < -0.3 is 38.1 Å². The Morgan fingerprint density at radius 2 is 0.775 bits per heavy atom. The van der Waals surface area contributed by atoms with Crippen LogP contribution in [0.3, 0.4) is 0 Å². The third kappa shape index (κ3) is 33.0. The van der Waals surface area contributed by atoms with Gasteiger partial charge in [-0.1, -0.05) is 119 Å². The quantitative estimate of drug-likeness (QED) is 0.0251. The standard InChI is InChI=1S/C60H113NO10/c1-9-13-17-24-43-68-56(69-44-25-18-14-10-2)31-21-28-40-65-53(62)33-36-58(5)47-52-48-59(6,37-34-54(63)67-42-30-23-39-61(7)8)51-60(49-52,50-58)38-35-55(64)66-41-29-22-32-57(70-45-26-19-15-11-3)71-46-27-20-16-12-4/h52,56-57H,9-51H2,1-8H3. The van der Waals surface area contributed by atoms with Crippen molar-refractivity contribution in [3.63, 3.8) is 0 Å². The largest absolute Gasteiger partial charge is 0.466 e. The van der Waals surface area contributed by atoms with Crippen molar-refractivity contribution in [1.82, 2.24) is 4.90 Å². The summed E-state index contributed by atoms with van der Waals surface area (Å²) in [6, 6.07) is 0. The molecule has 11 heteroatoms. The molecule has 0 aromatic rings. The van der Waals surface area contributed by atoms with Gasteiger partial charge in [-0.05, 0) is 171 Å². The van der Waals surface area contributed by atoms with Crippen molar-refractivity contribution in [3.8, 4) is 0 Å². The highest BCUT2D eigenvalue weighted by molar-refractivity contribution is 5.70. The monoisotopic (exact) mass is 1010 g/mol. The molecule has 0 heterocycles. The van der Waals surface area contributed by atoms with Gasteiger partial charge in [0, 0.05) is 45.7 Å². The van der Waals surface area contributed by atoms with Gasteiger partial charge in [0.1, 0.15) is 0 Å². The van der Waals surface area contributed by atoms with Crippen molar-refractivity contribution in [2.75, 3.05) is 66.9 Å². The van der Waals surface area contributed by atoms with Crippen molar-refractivity contribution >= 4 is 17.9 Å². The van der Waals surface area contributed by atoms with Gasteiger partial charge >= 0.3 is 17.9 Å². The number of hydrogen-bond acceptors (Lipinski definition) is 11. The highest BCUT2D eigenvalue weighted by atomic mass is 16.7. The molecule has 2 aliphatic rings. The van der Waals surface area contributed by atoms with Crippen LogP contribution in [0.4, 0.5) is 0 Å². The van der Waals surface area contributed by atoms with Crippen LogP contribution in [0, 0.1) is 22.2 Å². The van der Waals surface area contributed by atoms with Crippen LogP contribution in [-0.4, -0.2) is 102 Å². The molecule has 0 N–H and O–H groups in total. The van der Waals surface area contributed by atoms with Crippen LogP contribution < -0.4 is 0 Å². The molecule has 0 aliphatic heterocycles. The number of hydrogen-bond donors (Lipinski definition) is 0. The maximum atomic E-state index is 13.5. The van der Waals surface area contributed by atoms with E-state index >= 15 is 0 Å². The zero-order valence-electron chi connectivity index (χ0n) is 47.7. The van der Waals surface area contributed by atoms with Gasteiger partial charge in [0.15, 0.2) is 12.6 Å². The maximum Gasteiger partial charge on any atom is 0.305 e. The van der Waals surface area contributed by atoms with E-state index in [1.807, 2.05) is 0 Å². The normalized spacial score (nSPS) is 21.1. The number of carbonyl (C=O) groups is 3. The van der Waals surface area contributed by atoms with E-state index in [1.54, 1.807) is 0 Å². The molecular weight excluding hydrogens is 895 g/mol. The molecule has 0 aromatic carbocycles. The van der Waals surface area contributed by atoms with E-state index in [9.17, 15) is 14.4 Å². The molecular formula is C60H113NO10. The van der Waals surface area contributed by atoms with Crippen LogP contribution in [0.5, 0.6) is 0 Å². The number of ether oxygens (including phenoxy) is 7. The number of rotatable bonds is 48. The third-order valence-electron chi connectivity index (χ3n) is 15.3. The van der Waals surface area contributed by atoms with Gasteiger partial charge in [0.2, 0.25) is 0 Å². The smallest absolute Gasteiger partial charge is 0.305 e. The Hall–Kier alpha value is -1.79. The molecule has 418 valence electrons. The molecule has 2 rings (SSSR count). The van der Waals surface area contributed by atoms with Crippen LogP contribution in [0.25, 0.3) is 0 Å². The van der Waals surface area contributed by atoms with Gasteiger partial charge in [0.05, 0.1) is 19.8 Å². The highest BCUT2D eigenvalue weighted by Crippen LogP contribution is 2.64. The van der Waals surface area contributed by atoms with Crippen LogP contribution in [0.1, 0.15) is 266 Å². The van der Waals surface area contributed by atoms with E-state index < -0.39 is 0 Å². The summed E-state index contributed by atoms with van der Waals surface area (Å²) in [5, 5.41) is 0. The fourth-order valence-corrected chi connectivity index (χ4v) is 11.8. The minimum Gasteiger partial charge on any atom is -0.466 e. The van der Waals surface area contributed by atoms with Gasteiger partial charge in [-0.15, -0.1) is 0 Å². The maximum absolute atomic E-state index is 13.5. The number of esters is 3. The lowest BCUT2D eigenvalue weighted by Gasteiger charge is -2.58. The lowest BCUT2D eigenvalue weighted by atomic mass is 9.47. The van der Waals surface area contributed by atoms with Gasteiger partial charge in [-0.2, -0.15) is 0 Å². The molecule has 0 aromatic heterocycles. The fraction of sp³-hybridized carbons (Fsp3) is 0.950. The Bertz CT molecular complexity index is 1300. The molecule has 2 bridgehead atoms. The average molecular weight is 1010 g/mol. The Labute approximate surface area is 436 Å². The lowest BCUT2D eigenvalue weighted by molar-refractivity contribution is -0.150. The average Bonchev–Trinajstić information content (AvgIpc) is 3.33. The van der Waals surface area contributed by atoms with Crippen molar-refractivity contribution in [1.29, 1.82) is 0 Å². The van der Waals surface area contributed by atoms with Crippen molar-refractivity contribution in [2.24, 2.45) is 22.2 Å². The molecule has 4 unspecified atom stereocenters. The van der Waals surface area contributed by atoms with Crippen molar-refractivity contribution < 1.29 is 47.5 Å². The third-order valence-corrected chi connectivity index (χ3v) is 15.3.